The fraction of sp³-hybridized carbons (Fsp3) is 0.318. The molecule has 0 aliphatic heterocycles. The summed E-state index contributed by atoms with van der Waals surface area (Å²) in [6, 6.07) is 16.7. The fourth-order valence-corrected chi connectivity index (χ4v) is 3.37. The molecule has 2 aromatic carbocycles. The Kier molecular flexibility index (Phi) is 9.24. The van der Waals surface area contributed by atoms with Gasteiger partial charge in [0.15, 0.2) is 6.61 Å². The van der Waals surface area contributed by atoms with Gasteiger partial charge in [0.1, 0.15) is 0 Å². The minimum atomic E-state index is -0.587. The molecule has 2 amide bonds. The molecule has 0 unspecified atom stereocenters. The van der Waals surface area contributed by atoms with Crippen LogP contribution in [0.15, 0.2) is 59.5 Å². The predicted molar refractivity (Wildman–Crippen MR) is 114 cm³/mol. The highest BCUT2D eigenvalue weighted by molar-refractivity contribution is 8.00. The maximum absolute atomic E-state index is 12.4. The second-order valence-electron chi connectivity index (χ2n) is 6.67. The van der Waals surface area contributed by atoms with E-state index in [2.05, 4.69) is 10.6 Å². The van der Waals surface area contributed by atoms with E-state index in [0.29, 0.717) is 23.4 Å². The van der Waals surface area contributed by atoms with Crippen molar-refractivity contribution in [2.75, 3.05) is 18.9 Å². The maximum atomic E-state index is 12.4. The molecule has 0 radical (unpaired) electrons. The standard InChI is InChI=1S/C22H26N2O4S/c1-16(2)24-21(26)15-29-19-11-7-6-10-18(19)22(27)28-14-20(25)23-13-12-17-8-4-3-5-9-17/h3-11,16H,12-15H2,1-2H3,(H,23,25)(H,24,26). The molecule has 0 atom stereocenters. The van der Waals surface area contributed by atoms with Gasteiger partial charge in [-0.15, -0.1) is 11.8 Å². The van der Waals surface area contributed by atoms with Gasteiger partial charge in [-0.3, -0.25) is 9.59 Å². The summed E-state index contributed by atoms with van der Waals surface area (Å²) < 4.78 is 5.14. The molecule has 0 saturated carbocycles. The van der Waals surface area contributed by atoms with Crippen LogP contribution in [0.3, 0.4) is 0 Å². The number of carbonyl (C=O) groups is 3. The number of carbonyl (C=O) groups excluding carboxylic acids is 3. The lowest BCUT2D eigenvalue weighted by Gasteiger charge is -2.11. The Morgan fingerprint density at radius 3 is 2.38 bits per heavy atom. The second kappa shape index (κ2) is 11.9. The van der Waals surface area contributed by atoms with Crippen molar-refractivity contribution >= 4 is 29.5 Å². The molecule has 0 heterocycles. The number of hydrogen-bond donors (Lipinski definition) is 2. The first kappa shape index (κ1) is 22.5. The van der Waals surface area contributed by atoms with Crippen molar-refractivity contribution in [3.8, 4) is 0 Å². The van der Waals surface area contributed by atoms with Crippen molar-refractivity contribution in [2.24, 2.45) is 0 Å². The molecule has 0 spiro atoms. The fourth-order valence-electron chi connectivity index (χ4n) is 2.52. The summed E-state index contributed by atoms with van der Waals surface area (Å²) in [6.07, 6.45) is 0.707. The number of benzene rings is 2. The molecule has 0 aliphatic carbocycles. The van der Waals surface area contributed by atoms with Gasteiger partial charge in [0.05, 0.1) is 11.3 Å². The van der Waals surface area contributed by atoms with Crippen molar-refractivity contribution in [3.05, 3.63) is 65.7 Å². The summed E-state index contributed by atoms with van der Waals surface area (Å²) in [4.78, 5) is 36.8. The first-order valence-corrected chi connectivity index (χ1v) is 10.4. The zero-order valence-corrected chi connectivity index (χ0v) is 17.5. The summed E-state index contributed by atoms with van der Waals surface area (Å²) in [5.41, 5.74) is 1.46. The highest BCUT2D eigenvalue weighted by atomic mass is 32.2. The second-order valence-corrected chi connectivity index (χ2v) is 7.69. The van der Waals surface area contributed by atoms with Gasteiger partial charge in [-0.05, 0) is 38.0 Å². The molecule has 0 bridgehead atoms. The average Bonchev–Trinajstić information content (AvgIpc) is 2.71. The van der Waals surface area contributed by atoms with Crippen LogP contribution in [-0.4, -0.2) is 42.7 Å². The van der Waals surface area contributed by atoms with Crippen LogP contribution in [-0.2, 0) is 20.7 Å². The molecular formula is C22H26N2O4S. The van der Waals surface area contributed by atoms with Gasteiger partial charge in [0.2, 0.25) is 5.91 Å². The molecule has 2 aromatic rings. The van der Waals surface area contributed by atoms with E-state index in [9.17, 15) is 14.4 Å². The Morgan fingerprint density at radius 2 is 1.66 bits per heavy atom. The lowest BCUT2D eigenvalue weighted by Crippen LogP contribution is -2.31. The van der Waals surface area contributed by atoms with Gasteiger partial charge in [-0.1, -0.05) is 42.5 Å². The van der Waals surface area contributed by atoms with E-state index < -0.39 is 5.97 Å². The summed E-state index contributed by atoms with van der Waals surface area (Å²) >= 11 is 1.26. The molecule has 7 heteroatoms. The lowest BCUT2D eigenvalue weighted by atomic mass is 10.1. The largest absolute Gasteiger partial charge is 0.452 e. The van der Waals surface area contributed by atoms with Crippen LogP contribution >= 0.6 is 11.8 Å². The quantitative estimate of drug-likeness (QED) is 0.461. The van der Waals surface area contributed by atoms with Gasteiger partial charge in [0.25, 0.3) is 5.91 Å². The van der Waals surface area contributed by atoms with Crippen molar-refractivity contribution < 1.29 is 19.1 Å². The maximum Gasteiger partial charge on any atom is 0.339 e. The van der Waals surface area contributed by atoms with Crippen LogP contribution in [0.1, 0.15) is 29.8 Å². The minimum Gasteiger partial charge on any atom is -0.452 e. The molecule has 154 valence electrons. The third-order valence-corrected chi connectivity index (χ3v) is 4.90. The molecule has 29 heavy (non-hydrogen) atoms. The number of ether oxygens (including phenoxy) is 1. The first-order chi connectivity index (χ1) is 14.0. The van der Waals surface area contributed by atoms with Gasteiger partial charge < -0.3 is 15.4 Å². The number of rotatable bonds is 10. The third-order valence-electron chi connectivity index (χ3n) is 3.83. The molecule has 0 aromatic heterocycles. The first-order valence-electron chi connectivity index (χ1n) is 9.44. The highest BCUT2D eigenvalue weighted by Crippen LogP contribution is 2.23. The molecule has 2 N–H and O–H groups in total. The summed E-state index contributed by atoms with van der Waals surface area (Å²) in [5, 5.41) is 5.54. The van der Waals surface area contributed by atoms with E-state index in [-0.39, 0.29) is 30.2 Å². The minimum absolute atomic E-state index is 0.0590. The molecule has 0 saturated heterocycles. The van der Waals surface area contributed by atoms with Gasteiger partial charge in [0, 0.05) is 17.5 Å². The number of esters is 1. The van der Waals surface area contributed by atoms with Gasteiger partial charge >= 0.3 is 5.97 Å². The Balaban J connectivity index is 1.79. The van der Waals surface area contributed by atoms with E-state index in [1.807, 2.05) is 44.2 Å². The van der Waals surface area contributed by atoms with Crippen LogP contribution in [0, 0.1) is 0 Å². The number of amides is 2. The monoisotopic (exact) mass is 414 g/mol. The predicted octanol–water partition coefficient (Wildman–Crippen LogP) is 2.82. The van der Waals surface area contributed by atoms with Crippen LogP contribution in [0.25, 0.3) is 0 Å². The van der Waals surface area contributed by atoms with E-state index in [1.165, 1.54) is 11.8 Å². The van der Waals surface area contributed by atoms with Gasteiger partial charge in [-0.2, -0.15) is 0 Å². The average molecular weight is 415 g/mol. The zero-order chi connectivity index (χ0) is 21.1. The summed E-state index contributed by atoms with van der Waals surface area (Å²) in [6.45, 7) is 3.90. The number of hydrogen-bond acceptors (Lipinski definition) is 5. The lowest BCUT2D eigenvalue weighted by molar-refractivity contribution is -0.124. The topological polar surface area (TPSA) is 84.5 Å². The molecule has 2 rings (SSSR count). The van der Waals surface area contributed by atoms with E-state index in [1.54, 1.807) is 24.3 Å². The zero-order valence-electron chi connectivity index (χ0n) is 16.6. The molecule has 6 nitrogen and oxygen atoms in total. The van der Waals surface area contributed by atoms with E-state index >= 15 is 0 Å². The van der Waals surface area contributed by atoms with Crippen molar-refractivity contribution in [2.45, 2.75) is 31.2 Å². The summed E-state index contributed by atoms with van der Waals surface area (Å²) in [5.74, 6) is -0.847. The van der Waals surface area contributed by atoms with E-state index in [4.69, 9.17) is 4.74 Å². The Bertz CT molecular complexity index is 825. The Labute approximate surface area is 175 Å². The van der Waals surface area contributed by atoms with Crippen LogP contribution < -0.4 is 10.6 Å². The van der Waals surface area contributed by atoms with Crippen LogP contribution in [0.4, 0.5) is 0 Å². The third kappa shape index (κ3) is 8.39. The highest BCUT2D eigenvalue weighted by Gasteiger charge is 2.15. The van der Waals surface area contributed by atoms with Crippen LogP contribution in [0.2, 0.25) is 0 Å². The number of nitrogens with one attached hydrogen (secondary N) is 2. The SMILES string of the molecule is CC(C)NC(=O)CSc1ccccc1C(=O)OCC(=O)NCCc1ccccc1. The normalized spacial score (nSPS) is 10.4. The molecular weight excluding hydrogens is 388 g/mol. The van der Waals surface area contributed by atoms with Crippen molar-refractivity contribution in [3.63, 3.8) is 0 Å². The van der Waals surface area contributed by atoms with Crippen molar-refractivity contribution in [1.29, 1.82) is 0 Å². The van der Waals surface area contributed by atoms with E-state index in [0.717, 1.165) is 5.56 Å². The molecule has 0 fully saturated rings. The van der Waals surface area contributed by atoms with Crippen LogP contribution in [0.5, 0.6) is 0 Å². The number of thioether (sulfide) groups is 1. The Morgan fingerprint density at radius 1 is 0.966 bits per heavy atom. The smallest absolute Gasteiger partial charge is 0.339 e. The molecule has 0 aliphatic rings. The van der Waals surface area contributed by atoms with Gasteiger partial charge in [-0.25, -0.2) is 4.79 Å². The Hall–Kier alpha value is -2.80. The summed E-state index contributed by atoms with van der Waals surface area (Å²) in [7, 11) is 0. The van der Waals surface area contributed by atoms with Crippen molar-refractivity contribution in [1.82, 2.24) is 10.6 Å².